The van der Waals surface area contributed by atoms with Gasteiger partial charge < -0.3 is 30.3 Å². The molecule has 1 fully saturated rings. The molecule has 36 heavy (non-hydrogen) atoms. The molecule has 0 aromatic heterocycles. The molecule has 8 nitrogen and oxygen atoms in total. The van der Waals surface area contributed by atoms with Gasteiger partial charge in [-0.3, -0.25) is 4.79 Å². The third-order valence-corrected chi connectivity index (χ3v) is 6.96. The molecule has 2 aliphatic rings. The van der Waals surface area contributed by atoms with Crippen LogP contribution < -0.4 is 15.4 Å². The first kappa shape index (κ1) is 26.0. The summed E-state index contributed by atoms with van der Waals surface area (Å²) < 4.78 is 6.56. The highest BCUT2D eigenvalue weighted by molar-refractivity contribution is 5.99. The summed E-state index contributed by atoms with van der Waals surface area (Å²) in [6.45, 7) is 6.20. The summed E-state index contributed by atoms with van der Waals surface area (Å²) in [5.74, 6) is 1.45. The Hall–Kier alpha value is -3.10. The fraction of sp³-hybridized carbons (Fsp3) is 0.500. The smallest absolute Gasteiger partial charge is 0.323 e. The van der Waals surface area contributed by atoms with Crippen molar-refractivity contribution >= 4 is 23.3 Å². The van der Waals surface area contributed by atoms with Gasteiger partial charge in [0.05, 0.1) is 19.1 Å². The first-order valence-corrected chi connectivity index (χ1v) is 12.8. The molecule has 1 aliphatic heterocycles. The van der Waals surface area contributed by atoms with E-state index in [1.807, 2.05) is 43.3 Å². The molecule has 194 valence electrons. The molecule has 3 N–H and O–H groups in total. The van der Waals surface area contributed by atoms with Gasteiger partial charge in [0.1, 0.15) is 11.9 Å². The fourth-order valence-corrected chi connectivity index (χ4v) is 4.66. The number of para-hydroxylation sites is 1. The van der Waals surface area contributed by atoms with Crippen molar-refractivity contribution in [2.45, 2.75) is 45.3 Å². The minimum absolute atomic E-state index is 0.0638. The Bertz CT molecular complexity index is 1040. The number of fused-ring (bicyclic) bond motifs is 1. The van der Waals surface area contributed by atoms with Crippen LogP contribution in [0.15, 0.2) is 48.5 Å². The van der Waals surface area contributed by atoms with E-state index in [9.17, 15) is 14.7 Å². The van der Waals surface area contributed by atoms with E-state index in [4.69, 9.17) is 4.74 Å². The van der Waals surface area contributed by atoms with Gasteiger partial charge in [0.15, 0.2) is 0 Å². The third kappa shape index (κ3) is 6.98. The molecule has 0 saturated heterocycles. The lowest BCUT2D eigenvalue weighted by Crippen LogP contribution is -2.47. The molecule has 8 heteroatoms. The van der Waals surface area contributed by atoms with Crippen LogP contribution in [0.5, 0.6) is 5.75 Å². The monoisotopic (exact) mass is 494 g/mol. The number of urea groups is 1. The first-order chi connectivity index (χ1) is 17.3. The van der Waals surface area contributed by atoms with Crippen LogP contribution in [-0.2, 0) is 11.2 Å². The van der Waals surface area contributed by atoms with Gasteiger partial charge >= 0.3 is 6.03 Å². The number of ether oxygens (including phenoxy) is 1. The summed E-state index contributed by atoms with van der Waals surface area (Å²) in [7, 11) is 2.12. The van der Waals surface area contributed by atoms with E-state index in [0.717, 1.165) is 24.6 Å². The molecule has 3 amide bonds. The standard InChI is InChI=1S/C28H38N4O4/c1-19-15-32(20(2)18-33)27(34)14-22-13-24(30-28(35)29-23-7-5-4-6-8-23)11-12-25(22)36-26(19)17-31(3)16-21-9-10-21/h4-8,11-13,19-21,26,33H,9-10,14-18H2,1-3H3,(H2,29,30,35)/t19-,20-,26+/m0/s1. The highest BCUT2D eigenvalue weighted by Gasteiger charge is 2.32. The SMILES string of the molecule is C[C@H]1CN([C@@H](C)CO)C(=O)Cc2cc(NC(=O)Nc3ccccc3)ccc2O[C@@H]1CN(C)CC1CC1. The highest BCUT2D eigenvalue weighted by Crippen LogP contribution is 2.31. The lowest BCUT2D eigenvalue weighted by molar-refractivity contribution is -0.134. The van der Waals surface area contributed by atoms with E-state index >= 15 is 0 Å². The second kappa shape index (κ2) is 11.8. The van der Waals surface area contributed by atoms with Crippen molar-refractivity contribution in [3.05, 3.63) is 54.1 Å². The fourth-order valence-electron chi connectivity index (χ4n) is 4.66. The summed E-state index contributed by atoms with van der Waals surface area (Å²) in [5, 5.41) is 15.5. The number of benzene rings is 2. The van der Waals surface area contributed by atoms with Crippen molar-refractivity contribution in [2.24, 2.45) is 11.8 Å². The first-order valence-electron chi connectivity index (χ1n) is 12.8. The average molecular weight is 495 g/mol. The van der Waals surface area contributed by atoms with Crippen molar-refractivity contribution < 1.29 is 19.4 Å². The largest absolute Gasteiger partial charge is 0.488 e. The molecular formula is C28H38N4O4. The molecule has 1 heterocycles. The lowest BCUT2D eigenvalue weighted by Gasteiger charge is -2.34. The predicted molar refractivity (Wildman–Crippen MR) is 141 cm³/mol. The maximum absolute atomic E-state index is 13.3. The van der Waals surface area contributed by atoms with Crippen LogP contribution in [0.25, 0.3) is 0 Å². The molecule has 2 aromatic rings. The molecule has 0 bridgehead atoms. The number of aliphatic hydroxyl groups is 1. The van der Waals surface area contributed by atoms with Gasteiger partial charge in [-0.15, -0.1) is 0 Å². The number of hydrogen-bond donors (Lipinski definition) is 3. The summed E-state index contributed by atoms with van der Waals surface area (Å²) in [6.07, 6.45) is 2.59. The van der Waals surface area contributed by atoms with Crippen LogP contribution in [0.2, 0.25) is 0 Å². The number of nitrogens with one attached hydrogen (secondary N) is 2. The lowest BCUT2D eigenvalue weighted by atomic mass is 10.0. The summed E-state index contributed by atoms with van der Waals surface area (Å²) in [5.41, 5.74) is 1.99. The number of carbonyl (C=O) groups is 2. The average Bonchev–Trinajstić information content (AvgIpc) is 3.66. The van der Waals surface area contributed by atoms with E-state index < -0.39 is 0 Å². The molecule has 1 saturated carbocycles. The van der Waals surface area contributed by atoms with Crippen molar-refractivity contribution in [1.29, 1.82) is 0 Å². The number of rotatable bonds is 8. The second-order valence-electron chi connectivity index (χ2n) is 10.3. The molecule has 1 aliphatic carbocycles. The predicted octanol–water partition coefficient (Wildman–Crippen LogP) is 3.82. The summed E-state index contributed by atoms with van der Waals surface area (Å²) in [6, 6.07) is 14.0. The number of anilines is 2. The molecule has 0 spiro atoms. The summed E-state index contributed by atoms with van der Waals surface area (Å²) >= 11 is 0. The number of aliphatic hydroxyl groups excluding tert-OH is 1. The van der Waals surface area contributed by atoms with Crippen LogP contribution in [0.4, 0.5) is 16.2 Å². The maximum Gasteiger partial charge on any atom is 0.323 e. The number of likely N-dealkylation sites (N-methyl/N-ethyl adjacent to an activating group) is 1. The number of carbonyl (C=O) groups excluding carboxylic acids is 2. The second-order valence-corrected chi connectivity index (χ2v) is 10.3. The quantitative estimate of drug-likeness (QED) is 0.519. The van der Waals surface area contributed by atoms with Gasteiger partial charge in [-0.1, -0.05) is 25.1 Å². The highest BCUT2D eigenvalue weighted by atomic mass is 16.5. The van der Waals surface area contributed by atoms with Gasteiger partial charge in [0, 0.05) is 42.5 Å². The third-order valence-electron chi connectivity index (χ3n) is 6.96. The Kier molecular flexibility index (Phi) is 8.48. The normalized spacial score (nSPS) is 21.0. The topological polar surface area (TPSA) is 94.1 Å². The van der Waals surface area contributed by atoms with Crippen molar-refractivity contribution in [2.75, 3.05) is 43.9 Å². The zero-order chi connectivity index (χ0) is 25.7. The number of hydrogen-bond acceptors (Lipinski definition) is 5. The van der Waals surface area contributed by atoms with E-state index in [1.165, 1.54) is 12.8 Å². The molecular weight excluding hydrogens is 456 g/mol. The molecule has 3 atom stereocenters. The minimum atomic E-state index is -0.361. The van der Waals surface area contributed by atoms with Gasteiger partial charge in [0.25, 0.3) is 0 Å². The van der Waals surface area contributed by atoms with Crippen LogP contribution in [-0.4, -0.2) is 72.3 Å². The van der Waals surface area contributed by atoms with E-state index in [1.54, 1.807) is 17.0 Å². The van der Waals surface area contributed by atoms with Gasteiger partial charge in [-0.2, -0.15) is 0 Å². The van der Waals surface area contributed by atoms with Gasteiger partial charge in [-0.05, 0) is 63.1 Å². The van der Waals surface area contributed by atoms with Crippen molar-refractivity contribution in [3.63, 3.8) is 0 Å². The summed E-state index contributed by atoms with van der Waals surface area (Å²) in [4.78, 5) is 29.9. The molecule has 0 radical (unpaired) electrons. The van der Waals surface area contributed by atoms with Gasteiger partial charge in [-0.25, -0.2) is 4.79 Å². The Morgan fingerprint density at radius 3 is 2.56 bits per heavy atom. The van der Waals surface area contributed by atoms with Crippen molar-refractivity contribution in [1.82, 2.24) is 9.80 Å². The number of amides is 3. The van der Waals surface area contributed by atoms with Crippen molar-refractivity contribution in [3.8, 4) is 5.75 Å². The minimum Gasteiger partial charge on any atom is -0.488 e. The molecule has 0 unspecified atom stereocenters. The maximum atomic E-state index is 13.3. The van der Waals surface area contributed by atoms with E-state index in [2.05, 4.69) is 29.5 Å². The Morgan fingerprint density at radius 2 is 1.86 bits per heavy atom. The number of nitrogens with zero attached hydrogens (tertiary/aromatic N) is 2. The van der Waals surface area contributed by atoms with E-state index in [-0.39, 0.29) is 43.0 Å². The van der Waals surface area contributed by atoms with Crippen LogP contribution >= 0.6 is 0 Å². The van der Waals surface area contributed by atoms with E-state index in [0.29, 0.717) is 23.7 Å². The van der Waals surface area contributed by atoms with Crippen LogP contribution in [0.1, 0.15) is 32.3 Å². The molecule has 2 aromatic carbocycles. The van der Waals surface area contributed by atoms with Crippen LogP contribution in [0.3, 0.4) is 0 Å². The molecule has 4 rings (SSSR count). The zero-order valence-electron chi connectivity index (χ0n) is 21.4. The zero-order valence-corrected chi connectivity index (χ0v) is 21.4. The Labute approximate surface area is 213 Å². The van der Waals surface area contributed by atoms with Gasteiger partial charge in [0.2, 0.25) is 5.91 Å². The van der Waals surface area contributed by atoms with Crippen LogP contribution in [0, 0.1) is 11.8 Å². The Morgan fingerprint density at radius 1 is 1.14 bits per heavy atom. The Balaban J connectivity index is 1.55.